The molecule has 0 amide bonds. The van der Waals surface area contributed by atoms with Gasteiger partial charge in [-0.25, -0.2) is 4.79 Å². The summed E-state index contributed by atoms with van der Waals surface area (Å²) < 4.78 is 0. The van der Waals surface area contributed by atoms with E-state index < -0.39 is 11.9 Å². The molecule has 0 fully saturated rings. The third kappa shape index (κ3) is 18.2. The van der Waals surface area contributed by atoms with Gasteiger partial charge in [-0.05, 0) is 19.3 Å². The van der Waals surface area contributed by atoms with Crippen molar-refractivity contribution >= 4 is 11.9 Å². The highest BCUT2D eigenvalue weighted by molar-refractivity contribution is 5.80. The standard InChI is InChI=1S/C18H28O4/c19-17(20)15-13-11-9-7-5-3-1-2-4-6-8-10-12-14-16-18(21)22/h5,7,9,11,13,15H,1-4,6,8,10,12,14,16H2,(H,19,20)(H,21,22). The monoisotopic (exact) mass is 308 g/mol. The van der Waals surface area contributed by atoms with E-state index in [9.17, 15) is 9.59 Å². The first-order valence-corrected chi connectivity index (χ1v) is 8.07. The predicted octanol–water partition coefficient (Wildman–Crippen LogP) is 4.73. The van der Waals surface area contributed by atoms with Crippen LogP contribution in [-0.2, 0) is 9.59 Å². The number of allylic oxidation sites excluding steroid dienone is 5. The van der Waals surface area contributed by atoms with Crippen LogP contribution in [-0.4, -0.2) is 22.2 Å². The quantitative estimate of drug-likeness (QED) is 0.276. The summed E-state index contributed by atoms with van der Waals surface area (Å²) in [6, 6.07) is 0. The highest BCUT2D eigenvalue weighted by atomic mass is 16.4. The zero-order valence-corrected chi connectivity index (χ0v) is 13.2. The van der Waals surface area contributed by atoms with Gasteiger partial charge in [0, 0.05) is 12.5 Å². The van der Waals surface area contributed by atoms with Gasteiger partial charge >= 0.3 is 11.9 Å². The minimum atomic E-state index is -0.935. The summed E-state index contributed by atoms with van der Waals surface area (Å²) in [6.45, 7) is 0. The van der Waals surface area contributed by atoms with Crippen LogP contribution in [0.2, 0.25) is 0 Å². The van der Waals surface area contributed by atoms with E-state index in [-0.39, 0.29) is 0 Å². The molecule has 0 rings (SSSR count). The Morgan fingerprint density at radius 1 is 0.682 bits per heavy atom. The predicted molar refractivity (Wildman–Crippen MR) is 88.9 cm³/mol. The van der Waals surface area contributed by atoms with Crippen molar-refractivity contribution in [2.75, 3.05) is 0 Å². The minimum Gasteiger partial charge on any atom is -0.481 e. The second-order valence-electron chi connectivity index (χ2n) is 5.27. The van der Waals surface area contributed by atoms with Crippen molar-refractivity contribution < 1.29 is 19.8 Å². The lowest BCUT2D eigenvalue weighted by Crippen LogP contribution is -1.93. The van der Waals surface area contributed by atoms with Crippen molar-refractivity contribution in [1.29, 1.82) is 0 Å². The summed E-state index contributed by atoms with van der Waals surface area (Å²) in [5, 5.41) is 16.9. The maximum absolute atomic E-state index is 10.3. The molecule has 0 saturated heterocycles. The number of hydrogen-bond donors (Lipinski definition) is 2. The Morgan fingerprint density at radius 3 is 1.82 bits per heavy atom. The highest BCUT2D eigenvalue weighted by Crippen LogP contribution is 2.10. The normalized spacial score (nSPS) is 11.8. The van der Waals surface area contributed by atoms with Gasteiger partial charge in [0.05, 0.1) is 0 Å². The summed E-state index contributed by atoms with van der Waals surface area (Å²) in [6.07, 6.45) is 20.6. The van der Waals surface area contributed by atoms with Gasteiger partial charge in [-0.2, -0.15) is 0 Å². The van der Waals surface area contributed by atoms with Gasteiger partial charge in [0.15, 0.2) is 0 Å². The number of carboxylic acid groups (broad SMARTS) is 2. The van der Waals surface area contributed by atoms with Crippen LogP contribution in [0, 0.1) is 0 Å². The van der Waals surface area contributed by atoms with E-state index in [0.717, 1.165) is 31.8 Å². The third-order valence-electron chi connectivity index (χ3n) is 3.22. The summed E-state index contributed by atoms with van der Waals surface area (Å²) in [5.41, 5.74) is 0. The molecule has 0 aromatic heterocycles. The topological polar surface area (TPSA) is 74.6 Å². The Bertz CT molecular complexity index is 381. The maximum atomic E-state index is 10.3. The van der Waals surface area contributed by atoms with Gasteiger partial charge < -0.3 is 10.2 Å². The van der Waals surface area contributed by atoms with E-state index in [2.05, 4.69) is 6.08 Å². The lowest BCUT2D eigenvalue weighted by atomic mass is 10.1. The van der Waals surface area contributed by atoms with E-state index in [4.69, 9.17) is 10.2 Å². The van der Waals surface area contributed by atoms with E-state index in [1.165, 1.54) is 38.2 Å². The third-order valence-corrected chi connectivity index (χ3v) is 3.22. The molecule has 4 nitrogen and oxygen atoms in total. The van der Waals surface area contributed by atoms with Gasteiger partial charge in [0.25, 0.3) is 0 Å². The van der Waals surface area contributed by atoms with Crippen molar-refractivity contribution in [2.24, 2.45) is 0 Å². The van der Waals surface area contributed by atoms with Crippen molar-refractivity contribution in [3.05, 3.63) is 36.5 Å². The number of carboxylic acids is 2. The van der Waals surface area contributed by atoms with Gasteiger partial charge in [-0.1, -0.05) is 68.9 Å². The maximum Gasteiger partial charge on any atom is 0.328 e. The van der Waals surface area contributed by atoms with E-state index in [1.807, 2.05) is 12.2 Å². The van der Waals surface area contributed by atoms with Crippen LogP contribution in [0.1, 0.15) is 64.2 Å². The van der Waals surface area contributed by atoms with Gasteiger partial charge in [-0.3, -0.25) is 4.79 Å². The summed E-state index contributed by atoms with van der Waals surface area (Å²) in [7, 11) is 0. The molecule has 0 aliphatic carbocycles. The molecule has 0 bridgehead atoms. The molecule has 0 spiro atoms. The molecule has 0 aromatic carbocycles. The van der Waals surface area contributed by atoms with Crippen LogP contribution >= 0.6 is 0 Å². The first-order valence-electron chi connectivity index (χ1n) is 8.07. The molecular formula is C18H28O4. The molecule has 2 N–H and O–H groups in total. The average molecular weight is 308 g/mol. The van der Waals surface area contributed by atoms with Crippen molar-refractivity contribution in [2.45, 2.75) is 64.2 Å². The fourth-order valence-corrected chi connectivity index (χ4v) is 2.04. The van der Waals surface area contributed by atoms with Crippen LogP contribution in [0.15, 0.2) is 36.5 Å². The van der Waals surface area contributed by atoms with Gasteiger partial charge in [-0.15, -0.1) is 0 Å². The number of unbranched alkanes of at least 4 members (excludes halogenated alkanes) is 8. The van der Waals surface area contributed by atoms with Crippen molar-refractivity contribution in [3.8, 4) is 0 Å². The Balaban J connectivity index is 3.26. The van der Waals surface area contributed by atoms with E-state index in [0.29, 0.717) is 6.42 Å². The average Bonchev–Trinajstić information content (AvgIpc) is 2.46. The van der Waals surface area contributed by atoms with Crippen molar-refractivity contribution in [1.82, 2.24) is 0 Å². The molecular weight excluding hydrogens is 280 g/mol. The fraction of sp³-hybridized carbons (Fsp3) is 0.556. The second kappa shape index (κ2) is 15.5. The Morgan fingerprint density at radius 2 is 1.23 bits per heavy atom. The summed E-state index contributed by atoms with van der Waals surface area (Å²) >= 11 is 0. The smallest absolute Gasteiger partial charge is 0.328 e. The highest BCUT2D eigenvalue weighted by Gasteiger charge is 1.96. The zero-order chi connectivity index (χ0) is 16.5. The Kier molecular flexibility index (Phi) is 14.2. The van der Waals surface area contributed by atoms with Gasteiger partial charge in [0.1, 0.15) is 0 Å². The summed E-state index contributed by atoms with van der Waals surface area (Å²) in [4.78, 5) is 20.5. The number of rotatable bonds is 14. The van der Waals surface area contributed by atoms with Crippen LogP contribution in [0.5, 0.6) is 0 Å². The molecule has 0 saturated carbocycles. The molecule has 0 unspecified atom stereocenters. The molecule has 4 heteroatoms. The SMILES string of the molecule is O=C(O)C=CC=CC=CCCCCCCCCCCC(=O)O. The lowest BCUT2D eigenvalue weighted by molar-refractivity contribution is -0.137. The molecule has 0 atom stereocenters. The number of aliphatic carboxylic acids is 2. The minimum absolute atomic E-state index is 0.298. The number of hydrogen-bond acceptors (Lipinski definition) is 2. The molecule has 124 valence electrons. The van der Waals surface area contributed by atoms with E-state index in [1.54, 1.807) is 6.08 Å². The molecule has 0 radical (unpaired) electrons. The first-order chi connectivity index (χ1) is 10.6. The van der Waals surface area contributed by atoms with E-state index >= 15 is 0 Å². The molecule has 0 heterocycles. The van der Waals surface area contributed by atoms with Crippen LogP contribution in [0.3, 0.4) is 0 Å². The molecule has 0 aliphatic rings. The van der Waals surface area contributed by atoms with Crippen LogP contribution < -0.4 is 0 Å². The summed E-state index contributed by atoms with van der Waals surface area (Å²) in [5.74, 6) is -1.63. The molecule has 0 aliphatic heterocycles. The van der Waals surface area contributed by atoms with Crippen LogP contribution in [0.25, 0.3) is 0 Å². The largest absolute Gasteiger partial charge is 0.481 e. The molecule has 22 heavy (non-hydrogen) atoms. The van der Waals surface area contributed by atoms with Gasteiger partial charge in [0.2, 0.25) is 0 Å². The first kappa shape index (κ1) is 20.2. The Labute approximate surface area is 133 Å². The molecule has 0 aromatic rings. The lowest BCUT2D eigenvalue weighted by Gasteiger charge is -2.00. The number of carbonyl (C=O) groups is 2. The fourth-order valence-electron chi connectivity index (χ4n) is 2.04. The zero-order valence-electron chi connectivity index (χ0n) is 13.2. The van der Waals surface area contributed by atoms with Crippen LogP contribution in [0.4, 0.5) is 0 Å². The Hall–Kier alpha value is -1.84. The second-order valence-corrected chi connectivity index (χ2v) is 5.27. The van der Waals surface area contributed by atoms with Crippen molar-refractivity contribution in [3.63, 3.8) is 0 Å².